The molecule has 1 saturated carbocycles. The van der Waals surface area contributed by atoms with E-state index in [0.29, 0.717) is 6.04 Å². The predicted molar refractivity (Wildman–Crippen MR) is 71.7 cm³/mol. The number of aromatic nitrogens is 2. The molecule has 4 heteroatoms. The van der Waals surface area contributed by atoms with Gasteiger partial charge in [0.25, 0.3) is 0 Å². The maximum absolute atomic E-state index is 4.71. The van der Waals surface area contributed by atoms with Crippen LogP contribution in [0.15, 0.2) is 0 Å². The minimum Gasteiger partial charge on any atom is -0.373 e. The Bertz CT molecular complexity index is 399. The maximum atomic E-state index is 4.71. The topological polar surface area (TPSA) is 41.1 Å². The highest BCUT2D eigenvalue weighted by Gasteiger charge is 2.28. The van der Waals surface area contributed by atoms with Crippen molar-refractivity contribution in [3.8, 4) is 0 Å². The van der Waals surface area contributed by atoms with Crippen molar-refractivity contribution in [2.75, 3.05) is 24.3 Å². The molecule has 1 N–H and O–H groups in total. The van der Waals surface area contributed by atoms with Gasteiger partial charge >= 0.3 is 0 Å². The zero-order valence-corrected chi connectivity index (χ0v) is 11.2. The summed E-state index contributed by atoms with van der Waals surface area (Å²) in [6, 6.07) is 0.683. The van der Waals surface area contributed by atoms with Gasteiger partial charge in [0.2, 0.25) is 0 Å². The Hall–Kier alpha value is -1.32. The number of anilines is 2. The van der Waals surface area contributed by atoms with Crippen LogP contribution in [0.25, 0.3) is 0 Å². The smallest absolute Gasteiger partial charge is 0.137 e. The molecule has 0 amide bonds. The van der Waals surface area contributed by atoms with Gasteiger partial charge in [-0.25, -0.2) is 9.97 Å². The molecule has 0 saturated heterocycles. The molecule has 1 aliphatic rings. The fourth-order valence-electron chi connectivity index (χ4n) is 2.11. The average Bonchev–Trinajstić information content (AvgIpc) is 3.14. The van der Waals surface area contributed by atoms with Gasteiger partial charge in [-0.1, -0.05) is 6.92 Å². The molecule has 1 aromatic rings. The number of hydrogen-bond acceptors (Lipinski definition) is 4. The lowest BCUT2D eigenvalue weighted by molar-refractivity contribution is 0.806. The molecule has 4 nitrogen and oxygen atoms in total. The Balaban J connectivity index is 2.36. The predicted octanol–water partition coefficient (Wildman–Crippen LogP) is 2.38. The SMILES string of the molecule is CCCc1nc(NC)c(C)c(N(C)C2CC2)n1. The molecule has 0 aliphatic heterocycles. The van der Waals surface area contributed by atoms with E-state index >= 15 is 0 Å². The third-order valence-corrected chi connectivity index (χ3v) is 3.31. The first-order chi connectivity index (χ1) is 8.17. The molecular weight excluding hydrogens is 212 g/mol. The number of hydrogen-bond donors (Lipinski definition) is 1. The largest absolute Gasteiger partial charge is 0.373 e. The van der Waals surface area contributed by atoms with Crippen LogP contribution in [0.2, 0.25) is 0 Å². The highest BCUT2D eigenvalue weighted by Crippen LogP contribution is 2.32. The second kappa shape index (κ2) is 4.90. The molecule has 2 rings (SSSR count). The van der Waals surface area contributed by atoms with Gasteiger partial charge in [-0.15, -0.1) is 0 Å². The quantitative estimate of drug-likeness (QED) is 0.849. The van der Waals surface area contributed by atoms with Crippen LogP contribution in [0.4, 0.5) is 11.6 Å². The van der Waals surface area contributed by atoms with E-state index in [4.69, 9.17) is 4.98 Å². The minimum absolute atomic E-state index is 0.683. The fourth-order valence-corrected chi connectivity index (χ4v) is 2.11. The summed E-state index contributed by atoms with van der Waals surface area (Å²) in [5.74, 6) is 3.01. The first kappa shape index (κ1) is 12.1. The second-order valence-electron chi connectivity index (χ2n) is 4.78. The van der Waals surface area contributed by atoms with E-state index < -0.39 is 0 Å². The van der Waals surface area contributed by atoms with Crippen molar-refractivity contribution in [1.29, 1.82) is 0 Å². The van der Waals surface area contributed by atoms with Gasteiger partial charge in [-0.2, -0.15) is 0 Å². The van der Waals surface area contributed by atoms with Crippen molar-refractivity contribution in [3.63, 3.8) is 0 Å². The lowest BCUT2D eigenvalue weighted by atomic mass is 10.2. The molecule has 1 aromatic heterocycles. The van der Waals surface area contributed by atoms with Crippen molar-refractivity contribution in [2.24, 2.45) is 0 Å². The van der Waals surface area contributed by atoms with E-state index in [2.05, 4.69) is 36.1 Å². The molecule has 17 heavy (non-hydrogen) atoms. The molecule has 1 heterocycles. The Morgan fingerprint density at radius 1 is 1.35 bits per heavy atom. The van der Waals surface area contributed by atoms with Crippen LogP contribution in [-0.4, -0.2) is 30.1 Å². The summed E-state index contributed by atoms with van der Waals surface area (Å²) < 4.78 is 0. The number of rotatable bonds is 5. The van der Waals surface area contributed by atoms with E-state index in [9.17, 15) is 0 Å². The Morgan fingerprint density at radius 3 is 2.59 bits per heavy atom. The Kier molecular flexibility index (Phi) is 3.50. The zero-order valence-electron chi connectivity index (χ0n) is 11.2. The molecular formula is C13H22N4. The normalized spacial score (nSPS) is 14.8. The zero-order chi connectivity index (χ0) is 12.4. The average molecular weight is 234 g/mol. The summed E-state index contributed by atoms with van der Waals surface area (Å²) in [6.07, 6.45) is 4.61. The molecule has 0 unspecified atom stereocenters. The second-order valence-corrected chi connectivity index (χ2v) is 4.78. The number of nitrogens with zero attached hydrogens (tertiary/aromatic N) is 3. The first-order valence-electron chi connectivity index (χ1n) is 6.45. The minimum atomic E-state index is 0.683. The van der Waals surface area contributed by atoms with E-state index in [0.717, 1.165) is 35.9 Å². The third kappa shape index (κ3) is 2.51. The summed E-state index contributed by atoms with van der Waals surface area (Å²) in [7, 11) is 4.06. The lowest BCUT2D eigenvalue weighted by Crippen LogP contribution is -2.23. The van der Waals surface area contributed by atoms with Crippen molar-refractivity contribution in [1.82, 2.24) is 9.97 Å². The van der Waals surface area contributed by atoms with Gasteiger partial charge in [0, 0.05) is 32.1 Å². The van der Waals surface area contributed by atoms with Crippen molar-refractivity contribution >= 4 is 11.6 Å². The number of aryl methyl sites for hydroxylation is 1. The van der Waals surface area contributed by atoms with Crippen LogP contribution in [-0.2, 0) is 6.42 Å². The van der Waals surface area contributed by atoms with Crippen molar-refractivity contribution < 1.29 is 0 Å². The van der Waals surface area contributed by atoms with Crippen molar-refractivity contribution in [3.05, 3.63) is 11.4 Å². The van der Waals surface area contributed by atoms with E-state index in [1.54, 1.807) is 0 Å². The Labute approximate surface area is 103 Å². The Morgan fingerprint density at radius 2 is 2.06 bits per heavy atom. The molecule has 1 fully saturated rings. The summed E-state index contributed by atoms with van der Waals surface area (Å²) >= 11 is 0. The standard InChI is InChI=1S/C13H22N4/c1-5-6-11-15-12(14-3)9(2)13(16-11)17(4)10-7-8-10/h10H,5-8H2,1-4H3,(H,14,15,16). The third-order valence-electron chi connectivity index (χ3n) is 3.31. The van der Waals surface area contributed by atoms with Crippen LogP contribution in [0.5, 0.6) is 0 Å². The highest BCUT2D eigenvalue weighted by atomic mass is 15.2. The van der Waals surface area contributed by atoms with Crippen LogP contribution in [0.3, 0.4) is 0 Å². The molecule has 1 aliphatic carbocycles. The monoisotopic (exact) mass is 234 g/mol. The van der Waals surface area contributed by atoms with E-state index in [-0.39, 0.29) is 0 Å². The molecule has 0 bridgehead atoms. The summed E-state index contributed by atoms with van der Waals surface area (Å²) in [4.78, 5) is 11.6. The molecule has 0 radical (unpaired) electrons. The number of nitrogens with one attached hydrogen (secondary N) is 1. The van der Waals surface area contributed by atoms with Gasteiger partial charge in [-0.3, -0.25) is 0 Å². The van der Waals surface area contributed by atoms with E-state index in [1.807, 2.05) is 7.05 Å². The maximum Gasteiger partial charge on any atom is 0.137 e. The first-order valence-corrected chi connectivity index (χ1v) is 6.45. The summed E-state index contributed by atoms with van der Waals surface area (Å²) in [5.41, 5.74) is 1.15. The van der Waals surface area contributed by atoms with E-state index in [1.165, 1.54) is 12.8 Å². The van der Waals surface area contributed by atoms with Crippen LogP contribution < -0.4 is 10.2 Å². The van der Waals surface area contributed by atoms with Gasteiger partial charge in [0.1, 0.15) is 17.5 Å². The van der Waals surface area contributed by atoms with Crippen LogP contribution >= 0.6 is 0 Å². The fraction of sp³-hybridized carbons (Fsp3) is 0.692. The molecule has 0 atom stereocenters. The summed E-state index contributed by atoms with van der Waals surface area (Å²) in [6.45, 7) is 4.25. The molecule has 0 spiro atoms. The summed E-state index contributed by atoms with van der Waals surface area (Å²) in [5, 5.41) is 3.17. The molecule has 0 aromatic carbocycles. The van der Waals surface area contributed by atoms with Gasteiger partial charge in [0.15, 0.2) is 0 Å². The lowest BCUT2D eigenvalue weighted by Gasteiger charge is -2.21. The van der Waals surface area contributed by atoms with Crippen LogP contribution in [0.1, 0.15) is 37.6 Å². The highest BCUT2D eigenvalue weighted by molar-refractivity contribution is 5.59. The van der Waals surface area contributed by atoms with Gasteiger partial charge in [0.05, 0.1) is 0 Å². The van der Waals surface area contributed by atoms with Crippen molar-refractivity contribution in [2.45, 2.75) is 45.6 Å². The van der Waals surface area contributed by atoms with Crippen LogP contribution in [0, 0.1) is 6.92 Å². The van der Waals surface area contributed by atoms with Gasteiger partial charge in [-0.05, 0) is 26.2 Å². The molecule has 94 valence electrons. The van der Waals surface area contributed by atoms with Gasteiger partial charge < -0.3 is 10.2 Å².